The van der Waals surface area contributed by atoms with Crippen molar-refractivity contribution in [3.63, 3.8) is 0 Å². The molecular formula is C18H16N2OS. The predicted octanol–water partition coefficient (Wildman–Crippen LogP) is 4.35. The fourth-order valence-corrected chi connectivity index (χ4v) is 2.97. The Labute approximate surface area is 133 Å². The monoisotopic (exact) mass is 308 g/mol. The van der Waals surface area contributed by atoms with Gasteiger partial charge in [-0.25, -0.2) is 4.98 Å². The fourth-order valence-electron chi connectivity index (χ4n) is 2.16. The first-order valence-electron chi connectivity index (χ1n) is 7.10. The molecule has 0 aliphatic carbocycles. The van der Waals surface area contributed by atoms with Crippen molar-refractivity contribution in [3.05, 3.63) is 66.9 Å². The van der Waals surface area contributed by atoms with Crippen LogP contribution < -0.4 is 5.32 Å². The van der Waals surface area contributed by atoms with Gasteiger partial charge in [-0.05, 0) is 42.0 Å². The van der Waals surface area contributed by atoms with Gasteiger partial charge < -0.3 is 5.32 Å². The molecule has 2 aromatic carbocycles. The van der Waals surface area contributed by atoms with Gasteiger partial charge in [0.25, 0.3) is 0 Å². The highest BCUT2D eigenvalue weighted by Crippen LogP contribution is 2.23. The number of anilines is 1. The number of amides is 1. The summed E-state index contributed by atoms with van der Waals surface area (Å²) in [4.78, 5) is 16.5. The molecule has 0 saturated carbocycles. The smallest absolute Gasteiger partial charge is 0.237 e. The molecule has 0 saturated heterocycles. The molecule has 3 nitrogen and oxygen atoms in total. The summed E-state index contributed by atoms with van der Waals surface area (Å²) in [6.07, 6.45) is 1.73. The first kappa shape index (κ1) is 14.6. The SMILES string of the molecule is C[C@H](Sc1ccccn1)C(=O)Nc1ccc2ccccc2c1. The van der Waals surface area contributed by atoms with Crippen molar-refractivity contribution in [2.45, 2.75) is 17.2 Å². The Bertz CT molecular complexity index is 789. The van der Waals surface area contributed by atoms with Gasteiger partial charge in [-0.2, -0.15) is 0 Å². The van der Waals surface area contributed by atoms with Gasteiger partial charge >= 0.3 is 0 Å². The minimum absolute atomic E-state index is 0.0223. The number of aromatic nitrogens is 1. The van der Waals surface area contributed by atoms with Crippen LogP contribution in [0.1, 0.15) is 6.92 Å². The van der Waals surface area contributed by atoms with Gasteiger partial charge in [-0.3, -0.25) is 4.79 Å². The second kappa shape index (κ2) is 6.62. The summed E-state index contributed by atoms with van der Waals surface area (Å²) >= 11 is 1.45. The van der Waals surface area contributed by atoms with Gasteiger partial charge in [0.1, 0.15) is 0 Å². The van der Waals surface area contributed by atoms with Gasteiger partial charge in [0.2, 0.25) is 5.91 Å². The summed E-state index contributed by atoms with van der Waals surface area (Å²) in [5, 5.41) is 5.89. The number of hydrogen-bond donors (Lipinski definition) is 1. The van der Waals surface area contributed by atoms with Crippen LogP contribution in [0.4, 0.5) is 5.69 Å². The van der Waals surface area contributed by atoms with Crippen molar-refractivity contribution in [2.24, 2.45) is 0 Å². The van der Waals surface area contributed by atoms with E-state index in [0.717, 1.165) is 21.5 Å². The first-order chi connectivity index (χ1) is 10.7. The van der Waals surface area contributed by atoms with E-state index in [-0.39, 0.29) is 11.2 Å². The van der Waals surface area contributed by atoms with Crippen molar-refractivity contribution >= 4 is 34.1 Å². The third-order valence-electron chi connectivity index (χ3n) is 3.32. The molecule has 110 valence electrons. The average molecular weight is 308 g/mol. The summed E-state index contributed by atoms with van der Waals surface area (Å²) < 4.78 is 0. The molecule has 0 aliphatic rings. The van der Waals surface area contributed by atoms with Crippen molar-refractivity contribution in [2.75, 3.05) is 5.32 Å². The zero-order valence-corrected chi connectivity index (χ0v) is 13.0. The highest BCUT2D eigenvalue weighted by Gasteiger charge is 2.15. The van der Waals surface area contributed by atoms with Gasteiger partial charge in [0.15, 0.2) is 0 Å². The van der Waals surface area contributed by atoms with Crippen molar-refractivity contribution in [3.8, 4) is 0 Å². The van der Waals surface area contributed by atoms with Crippen molar-refractivity contribution in [1.29, 1.82) is 0 Å². The van der Waals surface area contributed by atoms with E-state index in [2.05, 4.69) is 16.4 Å². The number of carbonyl (C=O) groups is 1. The maximum absolute atomic E-state index is 12.3. The third kappa shape index (κ3) is 3.46. The largest absolute Gasteiger partial charge is 0.325 e. The Morgan fingerprint density at radius 3 is 2.59 bits per heavy atom. The summed E-state index contributed by atoms with van der Waals surface area (Å²) in [7, 11) is 0. The summed E-state index contributed by atoms with van der Waals surface area (Å²) in [6, 6.07) is 19.7. The number of rotatable bonds is 4. The lowest BCUT2D eigenvalue weighted by molar-refractivity contribution is -0.115. The normalized spacial score (nSPS) is 12.0. The Morgan fingerprint density at radius 1 is 1.05 bits per heavy atom. The Morgan fingerprint density at radius 2 is 1.82 bits per heavy atom. The first-order valence-corrected chi connectivity index (χ1v) is 7.98. The summed E-state index contributed by atoms with van der Waals surface area (Å²) in [5.74, 6) is -0.0223. The zero-order valence-electron chi connectivity index (χ0n) is 12.2. The van der Waals surface area contributed by atoms with Crippen LogP contribution in [0.25, 0.3) is 10.8 Å². The molecule has 0 aliphatic heterocycles. The number of pyridine rings is 1. The van der Waals surface area contributed by atoms with Crippen LogP contribution in [0.5, 0.6) is 0 Å². The lowest BCUT2D eigenvalue weighted by atomic mass is 10.1. The molecule has 0 spiro atoms. The third-order valence-corrected chi connectivity index (χ3v) is 4.37. The number of carbonyl (C=O) groups excluding carboxylic acids is 1. The molecule has 1 N–H and O–H groups in total. The summed E-state index contributed by atoms with van der Waals surface area (Å²) in [6.45, 7) is 1.88. The molecule has 0 unspecified atom stereocenters. The van der Waals surface area contributed by atoms with Gasteiger partial charge in [0.05, 0.1) is 10.3 Å². The summed E-state index contributed by atoms with van der Waals surface area (Å²) in [5.41, 5.74) is 0.817. The Kier molecular flexibility index (Phi) is 4.39. The average Bonchev–Trinajstić information content (AvgIpc) is 2.55. The van der Waals surface area contributed by atoms with E-state index in [1.165, 1.54) is 11.8 Å². The second-order valence-electron chi connectivity index (χ2n) is 4.98. The van der Waals surface area contributed by atoms with Crippen LogP contribution in [0.15, 0.2) is 71.9 Å². The topological polar surface area (TPSA) is 42.0 Å². The lowest BCUT2D eigenvalue weighted by Crippen LogP contribution is -2.22. The maximum Gasteiger partial charge on any atom is 0.237 e. The van der Waals surface area contributed by atoms with Crippen LogP contribution in [0.2, 0.25) is 0 Å². The van der Waals surface area contributed by atoms with E-state index >= 15 is 0 Å². The number of hydrogen-bond acceptors (Lipinski definition) is 3. The molecule has 3 aromatic rings. The molecule has 0 fully saturated rings. The van der Waals surface area contributed by atoms with Crippen molar-refractivity contribution in [1.82, 2.24) is 4.98 Å². The molecule has 3 rings (SSSR count). The molecule has 0 bridgehead atoms. The lowest BCUT2D eigenvalue weighted by Gasteiger charge is -2.12. The van der Waals surface area contributed by atoms with E-state index in [4.69, 9.17) is 0 Å². The predicted molar refractivity (Wildman–Crippen MR) is 92.1 cm³/mol. The van der Waals surface area contributed by atoms with Crippen LogP contribution in [0, 0.1) is 0 Å². The van der Waals surface area contributed by atoms with E-state index < -0.39 is 0 Å². The molecule has 1 aromatic heterocycles. The van der Waals surface area contributed by atoms with E-state index in [1.54, 1.807) is 6.20 Å². The molecule has 0 radical (unpaired) electrons. The Balaban J connectivity index is 1.69. The zero-order chi connectivity index (χ0) is 15.4. The van der Waals surface area contributed by atoms with Crippen LogP contribution in [0.3, 0.4) is 0 Å². The highest BCUT2D eigenvalue weighted by molar-refractivity contribution is 8.00. The number of fused-ring (bicyclic) bond motifs is 1. The van der Waals surface area contributed by atoms with Gasteiger partial charge in [0, 0.05) is 11.9 Å². The minimum Gasteiger partial charge on any atom is -0.325 e. The second-order valence-corrected chi connectivity index (χ2v) is 6.34. The van der Waals surface area contributed by atoms with E-state index in [9.17, 15) is 4.79 Å². The van der Waals surface area contributed by atoms with Crippen LogP contribution >= 0.6 is 11.8 Å². The highest BCUT2D eigenvalue weighted by atomic mass is 32.2. The van der Waals surface area contributed by atoms with Crippen LogP contribution in [-0.2, 0) is 4.79 Å². The minimum atomic E-state index is -0.207. The van der Waals surface area contributed by atoms with Gasteiger partial charge in [-0.1, -0.05) is 48.2 Å². The van der Waals surface area contributed by atoms with E-state index in [0.29, 0.717) is 0 Å². The van der Waals surface area contributed by atoms with Gasteiger partial charge in [-0.15, -0.1) is 0 Å². The molecule has 22 heavy (non-hydrogen) atoms. The number of benzene rings is 2. The molecule has 1 atom stereocenters. The van der Waals surface area contributed by atoms with Crippen LogP contribution in [-0.4, -0.2) is 16.1 Å². The fraction of sp³-hybridized carbons (Fsp3) is 0.111. The van der Waals surface area contributed by atoms with E-state index in [1.807, 2.05) is 61.5 Å². The van der Waals surface area contributed by atoms with Crippen molar-refractivity contribution < 1.29 is 4.79 Å². The number of nitrogens with one attached hydrogen (secondary N) is 1. The number of nitrogens with zero attached hydrogens (tertiary/aromatic N) is 1. The molecule has 4 heteroatoms. The molecular weight excluding hydrogens is 292 g/mol. The maximum atomic E-state index is 12.3. The molecule has 1 heterocycles. The Hall–Kier alpha value is -2.33. The standard InChI is InChI=1S/C18H16N2OS/c1-13(22-17-8-4-5-11-19-17)18(21)20-16-10-9-14-6-2-3-7-15(14)12-16/h2-13H,1H3,(H,20,21)/t13-/m0/s1. The quantitative estimate of drug-likeness (QED) is 0.728. The number of thioether (sulfide) groups is 1. The molecule has 1 amide bonds.